The molecule has 0 aliphatic carbocycles. The van der Waals surface area contributed by atoms with Gasteiger partial charge in [0.2, 0.25) is 5.91 Å². The number of hydrogen-bond donors (Lipinski definition) is 2. The molecule has 2 aromatic carbocycles. The molecule has 2 rings (SSSR count). The molecule has 0 bridgehead atoms. The summed E-state index contributed by atoms with van der Waals surface area (Å²) in [7, 11) is 1.31. The summed E-state index contributed by atoms with van der Waals surface area (Å²) >= 11 is 5.94. The Balaban J connectivity index is 2.09. The summed E-state index contributed by atoms with van der Waals surface area (Å²) in [5.74, 6) is -0.572. The summed E-state index contributed by atoms with van der Waals surface area (Å²) in [4.78, 5) is 22.4. The van der Waals surface area contributed by atoms with E-state index in [-0.39, 0.29) is 27.9 Å². The van der Waals surface area contributed by atoms with Crippen LogP contribution in [0.5, 0.6) is 11.5 Å². The first-order chi connectivity index (χ1) is 13.2. The molecule has 2 aromatic rings. The summed E-state index contributed by atoms with van der Waals surface area (Å²) in [5.41, 5.74) is 0.329. The highest BCUT2D eigenvalue weighted by molar-refractivity contribution is 6.34. The molecule has 150 valence electrons. The summed E-state index contributed by atoms with van der Waals surface area (Å²) < 4.78 is 34.3. The standard InChI is InChI=1S/C17H16ClF2N3O5/c1-9(16(24)22-13-5-4-11(23(25)26)8-12(13)18)21-10-3-6-14(27-2)15(7-10)28-17(19)20/h3-9,17,21H,1-2H3,(H,22,24). The van der Waals surface area contributed by atoms with Gasteiger partial charge in [0.15, 0.2) is 11.5 Å². The number of nitrogens with zero attached hydrogens (tertiary/aromatic N) is 1. The second kappa shape index (κ2) is 9.18. The maximum absolute atomic E-state index is 12.5. The van der Waals surface area contributed by atoms with Crippen molar-refractivity contribution in [1.29, 1.82) is 0 Å². The lowest BCUT2D eigenvalue weighted by molar-refractivity contribution is -0.384. The minimum absolute atomic E-state index is 0.00631. The summed E-state index contributed by atoms with van der Waals surface area (Å²) in [6.07, 6.45) is 0. The van der Waals surface area contributed by atoms with Crippen molar-refractivity contribution >= 4 is 34.6 Å². The number of carbonyl (C=O) groups excluding carboxylic acids is 1. The molecule has 0 saturated carbocycles. The summed E-state index contributed by atoms with van der Waals surface area (Å²) in [5, 5.41) is 16.1. The first-order valence-corrected chi connectivity index (χ1v) is 8.23. The highest BCUT2D eigenvalue weighted by Gasteiger charge is 2.18. The van der Waals surface area contributed by atoms with Gasteiger partial charge in [-0.2, -0.15) is 8.78 Å². The molecule has 11 heteroatoms. The molecule has 1 amide bonds. The normalized spacial score (nSPS) is 11.6. The van der Waals surface area contributed by atoms with E-state index in [1.807, 2.05) is 0 Å². The number of amides is 1. The number of non-ortho nitro benzene ring substituents is 1. The molecular weight excluding hydrogens is 400 g/mol. The van der Waals surface area contributed by atoms with Crippen molar-refractivity contribution < 1.29 is 28.0 Å². The van der Waals surface area contributed by atoms with Gasteiger partial charge < -0.3 is 20.1 Å². The van der Waals surface area contributed by atoms with E-state index in [4.69, 9.17) is 16.3 Å². The highest BCUT2D eigenvalue weighted by Crippen LogP contribution is 2.32. The Morgan fingerprint density at radius 1 is 1.21 bits per heavy atom. The van der Waals surface area contributed by atoms with E-state index in [0.717, 1.165) is 6.07 Å². The molecule has 0 saturated heterocycles. The molecular formula is C17H16ClF2N3O5. The molecule has 0 heterocycles. The van der Waals surface area contributed by atoms with Crippen LogP contribution in [-0.4, -0.2) is 30.6 Å². The number of nitro benzene ring substituents is 1. The topological polar surface area (TPSA) is 103 Å². The Bertz CT molecular complexity index is 882. The van der Waals surface area contributed by atoms with E-state index in [2.05, 4.69) is 15.4 Å². The maximum atomic E-state index is 12.5. The van der Waals surface area contributed by atoms with Crippen LogP contribution in [-0.2, 0) is 4.79 Å². The second-order valence-electron chi connectivity index (χ2n) is 5.52. The van der Waals surface area contributed by atoms with Crippen molar-refractivity contribution in [3.05, 3.63) is 51.5 Å². The number of alkyl halides is 2. The first kappa shape index (κ1) is 21.2. The third kappa shape index (κ3) is 5.43. The molecule has 0 fully saturated rings. The van der Waals surface area contributed by atoms with Gasteiger partial charge in [-0.05, 0) is 25.1 Å². The lowest BCUT2D eigenvalue weighted by atomic mass is 10.2. The van der Waals surface area contributed by atoms with E-state index in [1.54, 1.807) is 0 Å². The van der Waals surface area contributed by atoms with Gasteiger partial charge in [0.05, 0.1) is 22.7 Å². The number of ether oxygens (including phenoxy) is 2. The van der Waals surface area contributed by atoms with Crippen LogP contribution in [0.2, 0.25) is 5.02 Å². The number of hydrogen-bond acceptors (Lipinski definition) is 6. The Morgan fingerprint density at radius 3 is 2.50 bits per heavy atom. The molecule has 1 unspecified atom stereocenters. The summed E-state index contributed by atoms with van der Waals surface area (Å²) in [6, 6.07) is 7.06. The minimum atomic E-state index is -3.03. The van der Waals surface area contributed by atoms with E-state index in [9.17, 15) is 23.7 Å². The molecule has 28 heavy (non-hydrogen) atoms. The van der Waals surface area contributed by atoms with Crippen LogP contribution in [0.4, 0.5) is 25.8 Å². The fourth-order valence-electron chi connectivity index (χ4n) is 2.23. The number of nitrogens with one attached hydrogen (secondary N) is 2. The van der Waals surface area contributed by atoms with Crippen molar-refractivity contribution in [1.82, 2.24) is 0 Å². The maximum Gasteiger partial charge on any atom is 0.387 e. The van der Waals surface area contributed by atoms with E-state index >= 15 is 0 Å². The van der Waals surface area contributed by atoms with E-state index < -0.39 is 23.5 Å². The van der Waals surface area contributed by atoms with Gasteiger partial charge in [-0.25, -0.2) is 0 Å². The Kier molecular flexibility index (Phi) is 6.94. The smallest absolute Gasteiger partial charge is 0.387 e. The number of carbonyl (C=O) groups is 1. The van der Waals surface area contributed by atoms with Gasteiger partial charge >= 0.3 is 6.61 Å². The fraction of sp³-hybridized carbons (Fsp3) is 0.235. The van der Waals surface area contributed by atoms with Crippen LogP contribution >= 0.6 is 11.6 Å². The average Bonchev–Trinajstić information content (AvgIpc) is 2.62. The monoisotopic (exact) mass is 415 g/mol. The van der Waals surface area contributed by atoms with Crippen LogP contribution in [0.1, 0.15) is 6.92 Å². The van der Waals surface area contributed by atoms with E-state index in [0.29, 0.717) is 5.69 Å². The number of nitro groups is 1. The molecule has 0 aliphatic heterocycles. The largest absolute Gasteiger partial charge is 0.493 e. The van der Waals surface area contributed by atoms with Crippen LogP contribution in [0.25, 0.3) is 0 Å². The van der Waals surface area contributed by atoms with Gasteiger partial charge in [-0.1, -0.05) is 11.6 Å². The number of benzene rings is 2. The minimum Gasteiger partial charge on any atom is -0.493 e. The van der Waals surface area contributed by atoms with Gasteiger partial charge in [-0.3, -0.25) is 14.9 Å². The zero-order chi connectivity index (χ0) is 20.8. The van der Waals surface area contributed by atoms with Crippen molar-refractivity contribution in [2.24, 2.45) is 0 Å². The van der Waals surface area contributed by atoms with Gasteiger partial charge in [0.25, 0.3) is 5.69 Å². The quantitative estimate of drug-likeness (QED) is 0.492. The molecule has 0 aromatic heterocycles. The zero-order valence-electron chi connectivity index (χ0n) is 14.7. The van der Waals surface area contributed by atoms with Crippen LogP contribution in [0.15, 0.2) is 36.4 Å². The van der Waals surface area contributed by atoms with Gasteiger partial charge in [0.1, 0.15) is 6.04 Å². The zero-order valence-corrected chi connectivity index (χ0v) is 15.5. The number of halogens is 3. The van der Waals surface area contributed by atoms with Crippen molar-refractivity contribution in [2.75, 3.05) is 17.7 Å². The lowest BCUT2D eigenvalue weighted by Crippen LogP contribution is -2.32. The summed E-state index contributed by atoms with van der Waals surface area (Å²) in [6.45, 7) is -1.50. The molecule has 2 N–H and O–H groups in total. The first-order valence-electron chi connectivity index (χ1n) is 7.85. The molecule has 8 nitrogen and oxygen atoms in total. The third-order valence-electron chi connectivity index (χ3n) is 3.58. The molecule has 0 radical (unpaired) electrons. The van der Waals surface area contributed by atoms with Crippen molar-refractivity contribution in [3.63, 3.8) is 0 Å². The fourth-order valence-corrected chi connectivity index (χ4v) is 2.45. The van der Waals surface area contributed by atoms with Gasteiger partial charge in [0, 0.05) is 23.9 Å². The lowest BCUT2D eigenvalue weighted by Gasteiger charge is -2.17. The average molecular weight is 416 g/mol. The molecule has 1 atom stereocenters. The van der Waals surface area contributed by atoms with Gasteiger partial charge in [-0.15, -0.1) is 0 Å². The number of rotatable bonds is 8. The number of methoxy groups -OCH3 is 1. The predicted molar refractivity (Wildman–Crippen MR) is 99.4 cm³/mol. The molecule has 0 aliphatic rings. The van der Waals surface area contributed by atoms with Crippen molar-refractivity contribution in [2.45, 2.75) is 19.6 Å². The SMILES string of the molecule is COc1ccc(NC(C)C(=O)Nc2ccc([N+](=O)[O-])cc2Cl)cc1OC(F)F. The Labute approximate surface area is 163 Å². The second-order valence-corrected chi connectivity index (χ2v) is 5.93. The van der Waals surface area contributed by atoms with Crippen LogP contribution < -0.4 is 20.1 Å². The third-order valence-corrected chi connectivity index (χ3v) is 3.89. The number of anilines is 2. The predicted octanol–water partition coefficient (Wildman–Crippen LogP) is 4.30. The van der Waals surface area contributed by atoms with Crippen molar-refractivity contribution in [3.8, 4) is 11.5 Å². The van der Waals surface area contributed by atoms with Crippen LogP contribution in [0, 0.1) is 10.1 Å². The Hall–Kier alpha value is -3.14. The van der Waals surface area contributed by atoms with E-state index in [1.165, 1.54) is 44.4 Å². The van der Waals surface area contributed by atoms with Crippen LogP contribution in [0.3, 0.4) is 0 Å². The highest BCUT2D eigenvalue weighted by atomic mass is 35.5. The Morgan fingerprint density at radius 2 is 1.93 bits per heavy atom. The molecule has 0 spiro atoms.